The van der Waals surface area contributed by atoms with Gasteiger partial charge in [0.05, 0.1) is 13.2 Å². The summed E-state index contributed by atoms with van der Waals surface area (Å²) in [6, 6.07) is 6.76. The van der Waals surface area contributed by atoms with E-state index in [1.54, 1.807) is 24.3 Å². The smallest absolute Gasteiger partial charge is 0.331 e. The predicted octanol–water partition coefficient (Wildman–Crippen LogP) is 2.87. The third-order valence-electron chi connectivity index (χ3n) is 4.62. The number of rotatable bonds is 8. The molecular formula is C19H27NO5. The SMILES string of the molecule is COCC(C)(NC(=O)c1ccc(OCC2CCCCC2)cc1)C(=O)O. The van der Waals surface area contributed by atoms with E-state index in [4.69, 9.17) is 9.47 Å². The lowest BCUT2D eigenvalue weighted by Crippen LogP contribution is -2.55. The summed E-state index contributed by atoms with van der Waals surface area (Å²) in [6.45, 7) is 2.01. The molecule has 0 spiro atoms. The van der Waals surface area contributed by atoms with Crippen LogP contribution in [0.5, 0.6) is 5.75 Å². The number of carboxylic acids is 1. The molecule has 1 amide bonds. The summed E-state index contributed by atoms with van der Waals surface area (Å²) in [5.74, 6) is -0.266. The molecule has 2 rings (SSSR count). The lowest BCUT2D eigenvalue weighted by Gasteiger charge is -2.25. The van der Waals surface area contributed by atoms with Crippen molar-refractivity contribution in [1.29, 1.82) is 0 Å². The predicted molar refractivity (Wildman–Crippen MR) is 93.9 cm³/mol. The third-order valence-corrected chi connectivity index (χ3v) is 4.62. The summed E-state index contributed by atoms with van der Waals surface area (Å²) in [6.07, 6.45) is 6.30. The number of amides is 1. The van der Waals surface area contributed by atoms with E-state index in [1.807, 2.05) is 0 Å². The molecule has 1 fully saturated rings. The normalized spacial score (nSPS) is 17.5. The highest BCUT2D eigenvalue weighted by atomic mass is 16.5. The Morgan fingerprint density at radius 2 is 1.84 bits per heavy atom. The second kappa shape index (κ2) is 8.85. The molecule has 1 aliphatic rings. The molecule has 1 aromatic rings. The number of benzene rings is 1. The van der Waals surface area contributed by atoms with E-state index in [2.05, 4.69) is 5.32 Å². The van der Waals surface area contributed by atoms with E-state index in [9.17, 15) is 14.7 Å². The topological polar surface area (TPSA) is 84.9 Å². The molecule has 1 aliphatic carbocycles. The molecule has 6 nitrogen and oxygen atoms in total. The summed E-state index contributed by atoms with van der Waals surface area (Å²) in [4.78, 5) is 23.6. The molecule has 0 radical (unpaired) electrons. The Morgan fingerprint density at radius 1 is 1.20 bits per heavy atom. The second-order valence-electron chi connectivity index (χ2n) is 6.86. The van der Waals surface area contributed by atoms with Crippen LogP contribution in [0.25, 0.3) is 0 Å². The highest BCUT2D eigenvalue weighted by Gasteiger charge is 2.35. The Labute approximate surface area is 148 Å². The van der Waals surface area contributed by atoms with Gasteiger partial charge in [-0.15, -0.1) is 0 Å². The summed E-state index contributed by atoms with van der Waals surface area (Å²) < 4.78 is 10.7. The van der Waals surface area contributed by atoms with Gasteiger partial charge < -0.3 is 19.9 Å². The van der Waals surface area contributed by atoms with Gasteiger partial charge in [-0.25, -0.2) is 4.79 Å². The van der Waals surface area contributed by atoms with E-state index in [0.29, 0.717) is 18.1 Å². The molecule has 6 heteroatoms. The Hall–Kier alpha value is -2.08. The van der Waals surface area contributed by atoms with Crippen LogP contribution in [0.4, 0.5) is 0 Å². The van der Waals surface area contributed by atoms with Crippen molar-refractivity contribution in [2.24, 2.45) is 5.92 Å². The minimum Gasteiger partial charge on any atom is -0.493 e. The van der Waals surface area contributed by atoms with E-state index in [0.717, 1.165) is 5.75 Å². The average molecular weight is 349 g/mol. The third kappa shape index (κ3) is 5.46. The van der Waals surface area contributed by atoms with Crippen LogP contribution in [-0.4, -0.2) is 42.8 Å². The fourth-order valence-corrected chi connectivity index (χ4v) is 3.03. The molecule has 1 saturated carbocycles. The minimum atomic E-state index is -1.47. The standard InChI is InChI=1S/C19H27NO5/c1-19(13-24-2,18(22)23)20-17(21)15-8-10-16(11-9-15)25-12-14-6-4-3-5-7-14/h8-11,14H,3-7,12-13H2,1-2H3,(H,20,21)(H,22,23). The van der Waals surface area contributed by atoms with Crippen molar-refractivity contribution in [2.75, 3.05) is 20.3 Å². The number of carbonyl (C=O) groups excluding carboxylic acids is 1. The van der Waals surface area contributed by atoms with Crippen molar-refractivity contribution in [3.8, 4) is 5.75 Å². The van der Waals surface area contributed by atoms with Gasteiger partial charge in [0.1, 0.15) is 5.75 Å². The van der Waals surface area contributed by atoms with Crippen LogP contribution in [-0.2, 0) is 9.53 Å². The van der Waals surface area contributed by atoms with Gasteiger partial charge >= 0.3 is 5.97 Å². The molecular weight excluding hydrogens is 322 g/mol. The van der Waals surface area contributed by atoms with Crippen LogP contribution < -0.4 is 10.1 Å². The molecule has 0 bridgehead atoms. The Balaban J connectivity index is 1.91. The maximum atomic E-state index is 12.3. The highest BCUT2D eigenvalue weighted by molar-refractivity contribution is 5.97. The Bertz CT molecular complexity index is 580. The van der Waals surface area contributed by atoms with E-state index in [1.165, 1.54) is 46.1 Å². The molecule has 1 unspecified atom stereocenters. The van der Waals surface area contributed by atoms with E-state index >= 15 is 0 Å². The lowest BCUT2D eigenvalue weighted by molar-refractivity contribution is -0.145. The molecule has 25 heavy (non-hydrogen) atoms. The number of carbonyl (C=O) groups is 2. The monoisotopic (exact) mass is 349 g/mol. The van der Waals surface area contributed by atoms with E-state index in [-0.39, 0.29) is 6.61 Å². The summed E-state index contributed by atoms with van der Waals surface area (Å²) in [5.41, 5.74) is -1.09. The summed E-state index contributed by atoms with van der Waals surface area (Å²) >= 11 is 0. The first-order valence-electron chi connectivity index (χ1n) is 8.72. The van der Waals surface area contributed by atoms with Crippen molar-refractivity contribution in [3.05, 3.63) is 29.8 Å². The number of nitrogens with one attached hydrogen (secondary N) is 1. The number of carboxylic acid groups (broad SMARTS) is 1. The molecule has 2 N–H and O–H groups in total. The van der Waals surface area contributed by atoms with Crippen LogP contribution in [0.15, 0.2) is 24.3 Å². The van der Waals surface area contributed by atoms with Gasteiger partial charge in [-0.2, -0.15) is 0 Å². The number of methoxy groups -OCH3 is 1. The van der Waals surface area contributed by atoms with Crippen molar-refractivity contribution in [2.45, 2.75) is 44.6 Å². The van der Waals surface area contributed by atoms with Crippen molar-refractivity contribution in [3.63, 3.8) is 0 Å². The zero-order valence-corrected chi connectivity index (χ0v) is 14.9. The van der Waals surface area contributed by atoms with Gasteiger partial charge in [0.25, 0.3) is 5.91 Å². The van der Waals surface area contributed by atoms with Gasteiger partial charge in [-0.05, 0) is 49.9 Å². The highest BCUT2D eigenvalue weighted by Crippen LogP contribution is 2.24. The number of ether oxygens (including phenoxy) is 2. The molecule has 1 atom stereocenters. The average Bonchev–Trinajstić information content (AvgIpc) is 2.61. The van der Waals surface area contributed by atoms with Crippen molar-refractivity contribution < 1.29 is 24.2 Å². The maximum absolute atomic E-state index is 12.3. The lowest BCUT2D eigenvalue weighted by atomic mass is 9.90. The van der Waals surface area contributed by atoms with Crippen LogP contribution in [0.3, 0.4) is 0 Å². The quantitative estimate of drug-likeness (QED) is 0.754. The largest absolute Gasteiger partial charge is 0.493 e. The van der Waals surface area contributed by atoms with Crippen LogP contribution in [0, 0.1) is 5.92 Å². The van der Waals surface area contributed by atoms with Gasteiger partial charge in [0, 0.05) is 12.7 Å². The zero-order chi connectivity index (χ0) is 18.3. The minimum absolute atomic E-state index is 0.114. The number of hydrogen-bond acceptors (Lipinski definition) is 4. The summed E-state index contributed by atoms with van der Waals surface area (Å²) in [5, 5.41) is 11.8. The fourth-order valence-electron chi connectivity index (χ4n) is 3.03. The van der Waals surface area contributed by atoms with Gasteiger partial charge in [0.15, 0.2) is 5.54 Å². The van der Waals surface area contributed by atoms with Gasteiger partial charge in [-0.1, -0.05) is 19.3 Å². The van der Waals surface area contributed by atoms with Gasteiger partial charge in [-0.3, -0.25) is 4.79 Å². The van der Waals surface area contributed by atoms with Crippen LogP contribution in [0.2, 0.25) is 0 Å². The van der Waals surface area contributed by atoms with Crippen LogP contribution >= 0.6 is 0 Å². The molecule has 1 aromatic carbocycles. The first kappa shape index (κ1) is 19.2. The molecule has 0 aromatic heterocycles. The molecule has 0 aliphatic heterocycles. The Morgan fingerprint density at radius 3 is 2.40 bits per heavy atom. The first-order valence-corrected chi connectivity index (χ1v) is 8.72. The second-order valence-corrected chi connectivity index (χ2v) is 6.86. The van der Waals surface area contributed by atoms with Crippen molar-refractivity contribution >= 4 is 11.9 Å². The number of hydrogen-bond donors (Lipinski definition) is 2. The molecule has 138 valence electrons. The zero-order valence-electron chi connectivity index (χ0n) is 14.9. The number of aliphatic carboxylic acids is 1. The van der Waals surface area contributed by atoms with E-state index < -0.39 is 17.4 Å². The summed E-state index contributed by atoms with van der Waals surface area (Å²) in [7, 11) is 1.39. The molecule has 0 heterocycles. The van der Waals surface area contributed by atoms with Crippen LogP contribution in [0.1, 0.15) is 49.4 Å². The Kier molecular flexibility index (Phi) is 6.82. The molecule has 0 saturated heterocycles. The van der Waals surface area contributed by atoms with Gasteiger partial charge in [0.2, 0.25) is 0 Å². The fraction of sp³-hybridized carbons (Fsp3) is 0.579. The first-order chi connectivity index (χ1) is 11.9. The van der Waals surface area contributed by atoms with Crippen molar-refractivity contribution in [1.82, 2.24) is 5.32 Å². The maximum Gasteiger partial charge on any atom is 0.331 e.